The molecule has 0 saturated carbocycles. The van der Waals surface area contributed by atoms with Crippen molar-refractivity contribution in [2.75, 3.05) is 0 Å². The van der Waals surface area contributed by atoms with Gasteiger partial charge in [0.2, 0.25) is 0 Å². The van der Waals surface area contributed by atoms with E-state index in [2.05, 4.69) is 39.6 Å². The monoisotopic (exact) mass is 392 g/mol. The minimum atomic E-state index is -0.465. The zero-order valence-corrected chi connectivity index (χ0v) is 17.1. The lowest BCUT2D eigenvalue weighted by Crippen LogP contribution is -2.32. The van der Waals surface area contributed by atoms with Crippen LogP contribution >= 0.6 is 0 Å². The van der Waals surface area contributed by atoms with Gasteiger partial charge in [-0.3, -0.25) is 0 Å². The molecule has 5 N–H and O–H groups in total. The van der Waals surface area contributed by atoms with E-state index in [1.165, 1.54) is 10.9 Å². The fraction of sp³-hybridized carbons (Fsp3) is 0.261. The number of rotatable bonds is 3. The van der Waals surface area contributed by atoms with Crippen LogP contribution in [0.3, 0.4) is 0 Å². The Morgan fingerprint density at radius 2 is 1.48 bits per heavy atom. The zero-order chi connectivity index (χ0) is 20.9. The molecule has 0 fully saturated rings. The van der Waals surface area contributed by atoms with Crippen molar-refractivity contribution in [2.24, 2.45) is 5.73 Å². The highest BCUT2D eigenvalue weighted by atomic mass is 16.6. The van der Waals surface area contributed by atoms with Gasteiger partial charge in [0.1, 0.15) is 5.60 Å². The number of aromatic amines is 2. The quantitative estimate of drug-likeness (QED) is 0.402. The number of nitrogens with two attached hydrogens (primary N) is 1. The van der Waals surface area contributed by atoms with Crippen LogP contribution in [0.15, 0.2) is 60.9 Å². The maximum atomic E-state index is 11.5. The molecule has 0 aliphatic carbocycles. The van der Waals surface area contributed by atoms with Crippen molar-refractivity contribution >= 4 is 27.9 Å². The molecule has 0 aliphatic heterocycles. The van der Waals surface area contributed by atoms with Crippen molar-refractivity contribution in [1.82, 2.24) is 15.3 Å². The summed E-state index contributed by atoms with van der Waals surface area (Å²) in [6.45, 7) is 6.60. The smallest absolute Gasteiger partial charge is 0.407 e. The number of H-pyrrole nitrogens is 2. The van der Waals surface area contributed by atoms with Crippen LogP contribution in [0, 0.1) is 0 Å². The third-order valence-electron chi connectivity index (χ3n) is 4.31. The van der Waals surface area contributed by atoms with E-state index in [1.54, 1.807) is 0 Å². The summed E-state index contributed by atoms with van der Waals surface area (Å²) >= 11 is 0. The van der Waals surface area contributed by atoms with Crippen LogP contribution in [0.4, 0.5) is 4.79 Å². The first kappa shape index (κ1) is 20.5. The molecule has 2 aromatic heterocycles. The molecule has 0 spiro atoms. The van der Waals surface area contributed by atoms with E-state index in [9.17, 15) is 4.79 Å². The fourth-order valence-electron chi connectivity index (χ4n) is 2.92. The topological polar surface area (TPSA) is 95.9 Å². The molecule has 0 atom stereocenters. The predicted octanol–water partition coefficient (Wildman–Crippen LogP) is 4.82. The minimum absolute atomic E-state index is 0.394. The summed E-state index contributed by atoms with van der Waals surface area (Å²) in [5.74, 6) is 0. The summed E-state index contributed by atoms with van der Waals surface area (Å²) in [4.78, 5) is 17.8. The maximum Gasteiger partial charge on any atom is 0.407 e. The van der Waals surface area contributed by atoms with E-state index in [4.69, 9.17) is 10.5 Å². The van der Waals surface area contributed by atoms with E-state index >= 15 is 0 Å². The van der Waals surface area contributed by atoms with Crippen LogP contribution < -0.4 is 11.1 Å². The lowest BCUT2D eigenvalue weighted by atomic mass is 10.1. The second-order valence-corrected chi connectivity index (χ2v) is 7.86. The third-order valence-corrected chi connectivity index (χ3v) is 4.31. The summed E-state index contributed by atoms with van der Waals surface area (Å²) in [6.07, 6.45) is 3.44. The molecule has 0 unspecified atom stereocenters. The van der Waals surface area contributed by atoms with Crippen molar-refractivity contribution in [1.29, 1.82) is 0 Å². The molecule has 0 radical (unpaired) electrons. The van der Waals surface area contributed by atoms with Crippen LogP contribution in [0.25, 0.3) is 21.8 Å². The molecule has 1 amide bonds. The van der Waals surface area contributed by atoms with Crippen molar-refractivity contribution < 1.29 is 9.53 Å². The average Bonchev–Trinajstić information content (AvgIpc) is 3.33. The number of carbonyl (C=O) groups is 1. The molecule has 0 bridgehead atoms. The van der Waals surface area contributed by atoms with Gasteiger partial charge in [-0.15, -0.1) is 0 Å². The number of ether oxygens (including phenoxy) is 1. The molecule has 4 rings (SSSR count). The van der Waals surface area contributed by atoms with Crippen molar-refractivity contribution in [3.8, 4) is 0 Å². The molecule has 152 valence electrons. The molecular weight excluding hydrogens is 364 g/mol. The Balaban J connectivity index is 0.000000186. The van der Waals surface area contributed by atoms with Crippen LogP contribution in [0.2, 0.25) is 0 Å². The summed E-state index contributed by atoms with van der Waals surface area (Å²) in [5, 5.41) is 5.14. The van der Waals surface area contributed by atoms with Gasteiger partial charge in [-0.25, -0.2) is 4.79 Å². The first-order chi connectivity index (χ1) is 13.8. The van der Waals surface area contributed by atoms with E-state index in [0.29, 0.717) is 13.1 Å². The molecule has 0 aliphatic rings. The molecule has 29 heavy (non-hydrogen) atoms. The maximum absolute atomic E-state index is 11.5. The summed E-state index contributed by atoms with van der Waals surface area (Å²) in [5.41, 5.74) is 9.46. The predicted molar refractivity (Wildman–Crippen MR) is 118 cm³/mol. The summed E-state index contributed by atoms with van der Waals surface area (Å²) in [6, 6.07) is 16.3. The van der Waals surface area contributed by atoms with Gasteiger partial charge >= 0.3 is 6.09 Å². The van der Waals surface area contributed by atoms with E-state index in [1.807, 2.05) is 57.4 Å². The molecule has 6 heteroatoms. The Bertz CT molecular complexity index is 1090. The molecule has 6 nitrogen and oxygen atoms in total. The van der Waals surface area contributed by atoms with Crippen LogP contribution in [-0.4, -0.2) is 21.7 Å². The highest BCUT2D eigenvalue weighted by molar-refractivity contribution is 5.80. The molecule has 0 saturated heterocycles. The molecule has 2 heterocycles. The molecular formula is C23H28N4O2. The Morgan fingerprint density at radius 1 is 0.931 bits per heavy atom. The molecule has 4 aromatic rings. The Hall–Kier alpha value is -3.25. The molecule has 2 aromatic carbocycles. The van der Waals surface area contributed by atoms with Crippen molar-refractivity contribution in [3.63, 3.8) is 0 Å². The number of hydrogen-bond donors (Lipinski definition) is 4. The standard InChI is InChI=1S/C14H18N2O2.C9H10N2/c1-14(2,3)18-13(17)16-9-10-4-5-11-6-7-15-12(11)8-10;10-6-7-1-2-8-3-4-11-9(8)5-7/h4-8,15H,9H2,1-3H3,(H,16,17);1-5,11H,6,10H2. The highest BCUT2D eigenvalue weighted by Gasteiger charge is 2.15. The van der Waals surface area contributed by atoms with Gasteiger partial charge in [-0.2, -0.15) is 0 Å². The number of hydrogen-bond acceptors (Lipinski definition) is 3. The third kappa shape index (κ3) is 5.86. The number of fused-ring (bicyclic) bond motifs is 2. The van der Waals surface area contributed by atoms with Gasteiger partial charge in [0.25, 0.3) is 0 Å². The van der Waals surface area contributed by atoms with Crippen LogP contribution in [0.1, 0.15) is 31.9 Å². The Morgan fingerprint density at radius 3 is 2.03 bits per heavy atom. The van der Waals surface area contributed by atoms with Crippen molar-refractivity contribution in [2.45, 2.75) is 39.5 Å². The summed E-state index contributed by atoms with van der Waals surface area (Å²) < 4.78 is 5.17. The number of alkyl carbamates (subject to hydrolysis) is 1. The number of amides is 1. The van der Waals surface area contributed by atoms with Gasteiger partial charge in [0.15, 0.2) is 0 Å². The zero-order valence-electron chi connectivity index (χ0n) is 17.1. The van der Waals surface area contributed by atoms with Crippen LogP contribution in [-0.2, 0) is 17.8 Å². The number of benzene rings is 2. The van der Waals surface area contributed by atoms with Crippen molar-refractivity contribution in [3.05, 3.63) is 72.1 Å². The second-order valence-electron chi connectivity index (χ2n) is 7.86. The van der Waals surface area contributed by atoms with E-state index < -0.39 is 11.7 Å². The lowest BCUT2D eigenvalue weighted by Gasteiger charge is -2.19. The number of aromatic nitrogens is 2. The van der Waals surface area contributed by atoms with Gasteiger partial charge < -0.3 is 25.8 Å². The van der Waals surface area contributed by atoms with E-state index in [0.717, 1.165) is 22.0 Å². The van der Waals surface area contributed by atoms with E-state index in [-0.39, 0.29) is 0 Å². The van der Waals surface area contributed by atoms with Gasteiger partial charge in [0, 0.05) is 36.5 Å². The second kappa shape index (κ2) is 8.84. The minimum Gasteiger partial charge on any atom is -0.444 e. The summed E-state index contributed by atoms with van der Waals surface area (Å²) in [7, 11) is 0. The van der Waals surface area contributed by atoms with Gasteiger partial charge in [-0.05, 0) is 66.9 Å². The lowest BCUT2D eigenvalue weighted by molar-refractivity contribution is 0.0523. The highest BCUT2D eigenvalue weighted by Crippen LogP contribution is 2.15. The number of carbonyl (C=O) groups excluding carboxylic acids is 1. The number of nitrogens with one attached hydrogen (secondary N) is 3. The van der Waals surface area contributed by atoms with Gasteiger partial charge in [-0.1, -0.05) is 24.3 Å². The SMILES string of the molecule is CC(C)(C)OC(=O)NCc1ccc2cc[nH]c2c1.NCc1ccc2cc[nH]c2c1. The van der Waals surface area contributed by atoms with Gasteiger partial charge in [0.05, 0.1) is 0 Å². The Labute approximate surface area is 170 Å². The Kier molecular flexibility index (Phi) is 6.24. The van der Waals surface area contributed by atoms with Crippen LogP contribution in [0.5, 0.6) is 0 Å². The first-order valence-corrected chi connectivity index (χ1v) is 9.63. The fourth-order valence-corrected chi connectivity index (χ4v) is 2.92. The average molecular weight is 393 g/mol. The normalized spacial score (nSPS) is 11.2. The first-order valence-electron chi connectivity index (χ1n) is 9.63. The largest absolute Gasteiger partial charge is 0.444 e.